The molecule has 0 amide bonds. The van der Waals surface area contributed by atoms with Crippen LogP contribution in [0.25, 0.3) is 11.3 Å². The molecule has 30 heavy (non-hydrogen) atoms. The molecule has 0 atom stereocenters. The maximum Gasteiger partial charge on any atom is 0.216 e. The summed E-state index contributed by atoms with van der Waals surface area (Å²) in [6.45, 7) is -0.00205. The normalized spacial score (nSPS) is 15.0. The number of nitrogens with zero attached hydrogens (tertiary/aromatic N) is 3. The van der Waals surface area contributed by atoms with Gasteiger partial charge in [-0.25, -0.2) is 21.9 Å². The Morgan fingerprint density at radius 3 is 2.37 bits per heavy atom. The van der Waals surface area contributed by atoms with E-state index >= 15 is 0 Å². The van der Waals surface area contributed by atoms with Gasteiger partial charge in [-0.2, -0.15) is 5.10 Å². The quantitative estimate of drug-likeness (QED) is 0.613. The molecule has 0 bridgehead atoms. The van der Waals surface area contributed by atoms with Gasteiger partial charge in [0.2, 0.25) is 10.0 Å². The van der Waals surface area contributed by atoms with Crippen molar-refractivity contribution in [2.75, 3.05) is 0 Å². The average molecular weight is 432 g/mol. The number of aromatic nitrogens is 3. The predicted octanol–water partition coefficient (Wildman–Crippen LogP) is 3.96. The number of pyridine rings is 1. The van der Waals surface area contributed by atoms with Crippen molar-refractivity contribution >= 4 is 10.0 Å². The number of hydrogen-bond acceptors (Lipinski definition) is 4. The molecule has 158 valence electrons. The van der Waals surface area contributed by atoms with Crippen molar-refractivity contribution in [3.8, 4) is 11.3 Å². The van der Waals surface area contributed by atoms with Gasteiger partial charge in [0.05, 0.1) is 29.7 Å². The molecule has 0 spiro atoms. The van der Waals surface area contributed by atoms with Crippen LogP contribution in [0.1, 0.15) is 43.0 Å². The second kappa shape index (κ2) is 8.61. The second-order valence-electron chi connectivity index (χ2n) is 7.50. The molecule has 1 fully saturated rings. The average Bonchev–Trinajstić information content (AvgIpc) is 3.36. The number of hydrogen-bond donors (Lipinski definition) is 1. The van der Waals surface area contributed by atoms with Crippen molar-refractivity contribution in [3.05, 3.63) is 71.7 Å². The Labute approximate surface area is 174 Å². The van der Waals surface area contributed by atoms with Crippen molar-refractivity contribution < 1.29 is 17.2 Å². The fraction of sp³-hybridized carbons (Fsp3) is 0.333. The van der Waals surface area contributed by atoms with E-state index in [4.69, 9.17) is 0 Å². The standard InChI is InChI=1S/C21H22F2N4O2S/c22-17-9-15(10-18(23)11-17)14-30(28,29)25-13-19-12-21(16-5-7-24-8-6-16)27(26-19)20-3-1-2-4-20/h5-12,20,25H,1-4,13-14H2. The highest BCUT2D eigenvalue weighted by molar-refractivity contribution is 7.88. The highest BCUT2D eigenvalue weighted by atomic mass is 32.2. The van der Waals surface area contributed by atoms with E-state index in [1.54, 1.807) is 12.4 Å². The molecule has 1 aliphatic carbocycles. The lowest BCUT2D eigenvalue weighted by Crippen LogP contribution is -2.25. The van der Waals surface area contributed by atoms with Crippen LogP contribution >= 0.6 is 0 Å². The number of rotatable bonds is 7. The Morgan fingerprint density at radius 1 is 1.03 bits per heavy atom. The predicted molar refractivity (Wildman–Crippen MR) is 109 cm³/mol. The summed E-state index contributed by atoms with van der Waals surface area (Å²) < 4.78 is 56.0. The van der Waals surface area contributed by atoms with E-state index < -0.39 is 27.4 Å². The summed E-state index contributed by atoms with van der Waals surface area (Å²) >= 11 is 0. The fourth-order valence-corrected chi connectivity index (χ4v) is 4.92. The minimum Gasteiger partial charge on any atom is -0.265 e. The molecule has 9 heteroatoms. The van der Waals surface area contributed by atoms with Gasteiger partial charge in [-0.05, 0) is 48.7 Å². The molecule has 4 rings (SSSR count). The van der Waals surface area contributed by atoms with Gasteiger partial charge in [-0.15, -0.1) is 0 Å². The first-order valence-electron chi connectivity index (χ1n) is 9.81. The minimum absolute atomic E-state index is 0.00205. The lowest BCUT2D eigenvalue weighted by atomic mass is 10.1. The van der Waals surface area contributed by atoms with Crippen LogP contribution in [0.4, 0.5) is 8.78 Å². The number of halogens is 2. The monoisotopic (exact) mass is 432 g/mol. The van der Waals surface area contributed by atoms with E-state index in [9.17, 15) is 17.2 Å². The maximum absolute atomic E-state index is 13.3. The summed E-state index contributed by atoms with van der Waals surface area (Å²) in [5.74, 6) is -2.13. The van der Waals surface area contributed by atoms with E-state index in [-0.39, 0.29) is 18.2 Å². The molecule has 1 N–H and O–H groups in total. The number of benzene rings is 1. The Hall–Kier alpha value is -2.65. The Kier molecular flexibility index (Phi) is 5.92. The molecule has 1 aromatic carbocycles. The molecule has 6 nitrogen and oxygen atoms in total. The van der Waals surface area contributed by atoms with E-state index in [0.717, 1.165) is 49.1 Å². The first kappa shape index (κ1) is 20.6. The van der Waals surface area contributed by atoms with Gasteiger partial charge in [-0.1, -0.05) is 12.8 Å². The van der Waals surface area contributed by atoms with Crippen LogP contribution < -0.4 is 4.72 Å². The topological polar surface area (TPSA) is 76.9 Å². The summed E-state index contributed by atoms with van der Waals surface area (Å²) in [6, 6.07) is 8.69. The fourth-order valence-electron chi connectivity index (χ4n) is 3.85. The molecule has 1 saturated carbocycles. The third kappa shape index (κ3) is 4.91. The van der Waals surface area contributed by atoms with Gasteiger partial charge >= 0.3 is 0 Å². The zero-order chi connectivity index (χ0) is 21.1. The lowest BCUT2D eigenvalue weighted by Gasteiger charge is -2.14. The second-order valence-corrected chi connectivity index (χ2v) is 9.30. The van der Waals surface area contributed by atoms with E-state index in [1.807, 2.05) is 22.9 Å². The lowest BCUT2D eigenvalue weighted by molar-refractivity contribution is 0.467. The Balaban J connectivity index is 1.53. The minimum atomic E-state index is -3.80. The first-order chi connectivity index (χ1) is 14.4. The molecule has 1 aliphatic rings. The van der Waals surface area contributed by atoms with Crippen LogP contribution in [0.2, 0.25) is 0 Å². The van der Waals surface area contributed by atoms with Gasteiger partial charge in [0.1, 0.15) is 11.6 Å². The summed E-state index contributed by atoms with van der Waals surface area (Å²) in [7, 11) is -3.80. The smallest absolute Gasteiger partial charge is 0.216 e. The maximum atomic E-state index is 13.3. The number of nitrogens with one attached hydrogen (secondary N) is 1. The van der Waals surface area contributed by atoms with Crippen LogP contribution in [-0.4, -0.2) is 23.2 Å². The van der Waals surface area contributed by atoms with Crippen LogP contribution in [0.15, 0.2) is 48.8 Å². The molecule has 2 heterocycles. The van der Waals surface area contributed by atoms with Gasteiger partial charge in [0.25, 0.3) is 0 Å². The van der Waals surface area contributed by atoms with E-state index in [1.165, 1.54) is 0 Å². The van der Waals surface area contributed by atoms with Crippen molar-refractivity contribution in [1.82, 2.24) is 19.5 Å². The zero-order valence-electron chi connectivity index (χ0n) is 16.3. The van der Waals surface area contributed by atoms with E-state index in [2.05, 4.69) is 14.8 Å². The summed E-state index contributed by atoms with van der Waals surface area (Å²) in [5, 5.41) is 4.66. The summed E-state index contributed by atoms with van der Waals surface area (Å²) in [6.07, 6.45) is 7.79. The van der Waals surface area contributed by atoms with Gasteiger partial charge in [-0.3, -0.25) is 9.67 Å². The highest BCUT2D eigenvalue weighted by Crippen LogP contribution is 2.33. The van der Waals surface area contributed by atoms with Crippen LogP contribution in [0, 0.1) is 11.6 Å². The van der Waals surface area contributed by atoms with Crippen molar-refractivity contribution in [2.24, 2.45) is 0 Å². The zero-order valence-corrected chi connectivity index (χ0v) is 17.1. The molecule has 0 aliphatic heterocycles. The summed E-state index contributed by atoms with van der Waals surface area (Å²) in [5.41, 5.74) is 2.52. The first-order valence-corrected chi connectivity index (χ1v) is 11.5. The molecule has 0 radical (unpaired) electrons. The third-order valence-corrected chi connectivity index (χ3v) is 6.48. The molecule has 0 saturated heterocycles. The van der Waals surface area contributed by atoms with Crippen molar-refractivity contribution in [2.45, 2.75) is 44.0 Å². The van der Waals surface area contributed by atoms with Gasteiger partial charge in [0, 0.05) is 24.0 Å². The Bertz CT molecular complexity index is 1110. The SMILES string of the molecule is O=S(=O)(Cc1cc(F)cc(F)c1)NCc1cc(-c2ccncc2)n(C2CCCC2)n1. The van der Waals surface area contributed by atoms with E-state index in [0.29, 0.717) is 11.8 Å². The van der Waals surface area contributed by atoms with Crippen LogP contribution in [0.5, 0.6) is 0 Å². The van der Waals surface area contributed by atoms with Crippen LogP contribution in [-0.2, 0) is 22.3 Å². The molecule has 2 aromatic heterocycles. The summed E-state index contributed by atoms with van der Waals surface area (Å²) in [4.78, 5) is 4.05. The molecule has 0 unspecified atom stereocenters. The Morgan fingerprint density at radius 2 is 1.70 bits per heavy atom. The molecular formula is C21H22F2N4O2S. The van der Waals surface area contributed by atoms with Crippen LogP contribution in [0.3, 0.4) is 0 Å². The van der Waals surface area contributed by atoms with Crippen molar-refractivity contribution in [1.29, 1.82) is 0 Å². The highest BCUT2D eigenvalue weighted by Gasteiger charge is 2.22. The molecular weight excluding hydrogens is 410 g/mol. The molecule has 3 aromatic rings. The third-order valence-electron chi connectivity index (χ3n) is 5.19. The van der Waals surface area contributed by atoms with Crippen molar-refractivity contribution in [3.63, 3.8) is 0 Å². The van der Waals surface area contributed by atoms with Gasteiger partial charge in [0.15, 0.2) is 0 Å². The largest absolute Gasteiger partial charge is 0.265 e. The van der Waals surface area contributed by atoms with Gasteiger partial charge < -0.3 is 0 Å². The number of sulfonamides is 1.